The topological polar surface area (TPSA) is 139 Å². The molecule has 10 nitrogen and oxygen atoms in total. The van der Waals surface area contributed by atoms with Crippen LogP contribution in [0, 0.1) is 16.0 Å². The number of carboxylic acids is 1. The number of anilines is 1. The second-order valence-corrected chi connectivity index (χ2v) is 6.01. The predicted molar refractivity (Wildman–Crippen MR) is 90.0 cm³/mol. The van der Waals surface area contributed by atoms with Gasteiger partial charge in [-0.25, -0.2) is 9.59 Å². The van der Waals surface area contributed by atoms with E-state index in [0.29, 0.717) is 12.1 Å². The van der Waals surface area contributed by atoms with Gasteiger partial charge in [0.05, 0.1) is 23.2 Å². The number of carbonyl (C=O) groups is 3. The minimum absolute atomic E-state index is 0.0139. The number of hydrogen-bond acceptors (Lipinski definition) is 7. The molecular formula is C16H19N3O7. The Morgan fingerprint density at radius 1 is 1.46 bits per heavy atom. The first-order chi connectivity index (χ1) is 12.2. The lowest BCUT2D eigenvalue weighted by Gasteiger charge is -2.29. The number of nitro benzene ring substituents is 1. The van der Waals surface area contributed by atoms with Gasteiger partial charge in [-0.05, 0) is 12.0 Å². The molecule has 1 amide bonds. The van der Waals surface area contributed by atoms with Crippen molar-refractivity contribution in [3.8, 4) is 5.75 Å². The van der Waals surface area contributed by atoms with E-state index in [9.17, 15) is 29.6 Å². The lowest BCUT2D eigenvalue weighted by molar-refractivity contribution is -0.384. The van der Waals surface area contributed by atoms with Crippen LogP contribution in [0.15, 0.2) is 18.2 Å². The van der Waals surface area contributed by atoms with E-state index in [-0.39, 0.29) is 30.4 Å². The number of nitro groups is 1. The van der Waals surface area contributed by atoms with Gasteiger partial charge in [0.1, 0.15) is 12.6 Å². The fraction of sp³-hybridized carbons (Fsp3) is 0.438. The van der Waals surface area contributed by atoms with Gasteiger partial charge >= 0.3 is 11.9 Å². The van der Waals surface area contributed by atoms with E-state index in [0.717, 1.165) is 6.07 Å². The summed E-state index contributed by atoms with van der Waals surface area (Å²) in [5.41, 5.74) is 0.103. The number of ether oxygens (including phenoxy) is 1. The zero-order chi connectivity index (χ0) is 19.4. The molecule has 2 atom stereocenters. The van der Waals surface area contributed by atoms with Crippen LogP contribution in [0.4, 0.5) is 11.4 Å². The van der Waals surface area contributed by atoms with E-state index in [1.54, 1.807) is 6.92 Å². The van der Waals surface area contributed by atoms with Crippen molar-refractivity contribution in [3.63, 3.8) is 0 Å². The minimum Gasteiger partial charge on any atom is -0.480 e. The fourth-order valence-corrected chi connectivity index (χ4v) is 2.57. The maximum atomic E-state index is 12.3. The Hall–Kier alpha value is -3.17. The Balaban J connectivity index is 2.17. The van der Waals surface area contributed by atoms with E-state index in [4.69, 9.17) is 4.74 Å². The summed E-state index contributed by atoms with van der Waals surface area (Å²) in [6.07, 6.45) is 0.569. The molecule has 2 N–H and O–H groups in total. The van der Waals surface area contributed by atoms with Crippen molar-refractivity contribution in [3.05, 3.63) is 28.3 Å². The number of benzene rings is 1. The maximum Gasteiger partial charge on any atom is 0.331 e. The third kappa shape index (κ3) is 4.26. The van der Waals surface area contributed by atoms with Crippen molar-refractivity contribution >= 4 is 29.2 Å². The van der Waals surface area contributed by atoms with Gasteiger partial charge in [0.15, 0.2) is 5.75 Å². The van der Waals surface area contributed by atoms with Gasteiger partial charge in [-0.1, -0.05) is 20.3 Å². The van der Waals surface area contributed by atoms with Gasteiger partial charge in [-0.15, -0.1) is 0 Å². The quantitative estimate of drug-likeness (QED) is 0.315. The standard InChI is InChI=1S/C16H19N3O7/c1-3-9(2)15(16(22)23)17-13(20)7-18-8-14(21)26-12-6-10(19(24)25)4-5-11(12)18/h4-6,9,15H,3,7-8H2,1-2H3,(H,17,20)(H,22,23). The molecular weight excluding hydrogens is 346 g/mol. The highest BCUT2D eigenvalue weighted by Crippen LogP contribution is 2.34. The largest absolute Gasteiger partial charge is 0.480 e. The van der Waals surface area contributed by atoms with Crippen molar-refractivity contribution < 1.29 is 29.2 Å². The van der Waals surface area contributed by atoms with E-state index >= 15 is 0 Å². The summed E-state index contributed by atoms with van der Waals surface area (Å²) in [6, 6.07) is 2.69. The summed E-state index contributed by atoms with van der Waals surface area (Å²) >= 11 is 0. The van der Waals surface area contributed by atoms with Gasteiger partial charge in [0.25, 0.3) is 5.69 Å². The molecule has 0 fully saturated rings. The molecule has 1 aromatic carbocycles. The molecule has 2 unspecified atom stereocenters. The molecule has 0 saturated carbocycles. The van der Waals surface area contributed by atoms with Crippen LogP contribution in [-0.4, -0.2) is 47.0 Å². The number of aliphatic carboxylic acids is 1. The lowest BCUT2D eigenvalue weighted by Crippen LogP contribution is -2.50. The molecule has 140 valence electrons. The van der Waals surface area contributed by atoms with Crippen molar-refractivity contribution in [1.29, 1.82) is 0 Å². The molecule has 1 aromatic rings. The van der Waals surface area contributed by atoms with E-state index in [1.807, 2.05) is 6.92 Å². The monoisotopic (exact) mass is 365 g/mol. The molecule has 10 heteroatoms. The fourth-order valence-electron chi connectivity index (χ4n) is 2.57. The Labute approximate surface area is 148 Å². The van der Waals surface area contributed by atoms with E-state index in [1.165, 1.54) is 17.0 Å². The molecule has 0 saturated heterocycles. The maximum absolute atomic E-state index is 12.3. The van der Waals surface area contributed by atoms with Gasteiger partial charge < -0.3 is 20.1 Å². The van der Waals surface area contributed by atoms with Crippen LogP contribution >= 0.6 is 0 Å². The first kappa shape index (κ1) is 19.2. The summed E-state index contributed by atoms with van der Waals surface area (Å²) in [5.74, 6) is -2.65. The molecule has 26 heavy (non-hydrogen) atoms. The second-order valence-electron chi connectivity index (χ2n) is 6.01. The SMILES string of the molecule is CCC(C)C(NC(=O)CN1CC(=O)Oc2cc([N+](=O)[O-])ccc21)C(=O)O. The number of amides is 1. The van der Waals surface area contributed by atoms with Gasteiger partial charge in [0, 0.05) is 6.07 Å². The Morgan fingerprint density at radius 3 is 2.73 bits per heavy atom. The molecule has 1 aliphatic rings. The number of fused-ring (bicyclic) bond motifs is 1. The molecule has 1 aliphatic heterocycles. The number of carboxylic acid groups (broad SMARTS) is 1. The van der Waals surface area contributed by atoms with Crippen LogP contribution in [0.25, 0.3) is 0 Å². The van der Waals surface area contributed by atoms with Crippen LogP contribution < -0.4 is 15.0 Å². The molecule has 1 heterocycles. The molecule has 0 bridgehead atoms. The average Bonchev–Trinajstić information content (AvgIpc) is 2.57. The van der Waals surface area contributed by atoms with E-state index < -0.39 is 28.8 Å². The zero-order valence-corrected chi connectivity index (χ0v) is 14.3. The first-order valence-corrected chi connectivity index (χ1v) is 7.99. The normalized spacial score (nSPS) is 15.5. The Bertz CT molecular complexity index is 749. The zero-order valence-electron chi connectivity index (χ0n) is 14.3. The minimum atomic E-state index is -1.14. The summed E-state index contributed by atoms with van der Waals surface area (Å²) in [7, 11) is 0. The third-order valence-electron chi connectivity index (χ3n) is 4.17. The van der Waals surface area contributed by atoms with Crippen LogP contribution in [0.2, 0.25) is 0 Å². The highest BCUT2D eigenvalue weighted by Gasteiger charge is 2.30. The number of nitrogens with one attached hydrogen (secondary N) is 1. The first-order valence-electron chi connectivity index (χ1n) is 7.99. The van der Waals surface area contributed by atoms with Crippen molar-refractivity contribution in [2.24, 2.45) is 5.92 Å². The summed E-state index contributed by atoms with van der Waals surface area (Å²) in [5, 5.41) is 22.5. The smallest absolute Gasteiger partial charge is 0.331 e. The second kappa shape index (κ2) is 7.81. The highest BCUT2D eigenvalue weighted by atomic mass is 16.6. The molecule has 2 rings (SSSR count). The number of carbonyl (C=O) groups excluding carboxylic acids is 2. The lowest BCUT2D eigenvalue weighted by atomic mass is 9.99. The van der Waals surface area contributed by atoms with Crippen LogP contribution in [-0.2, 0) is 14.4 Å². The number of non-ortho nitro benzene ring substituents is 1. The number of nitrogens with zero attached hydrogens (tertiary/aromatic N) is 2. The summed E-state index contributed by atoms with van der Waals surface area (Å²) in [6.45, 7) is 3.03. The van der Waals surface area contributed by atoms with Gasteiger partial charge in [-0.2, -0.15) is 0 Å². The van der Waals surface area contributed by atoms with Crippen molar-refractivity contribution in [2.75, 3.05) is 18.0 Å². The van der Waals surface area contributed by atoms with Crippen LogP contribution in [0.1, 0.15) is 20.3 Å². The highest BCUT2D eigenvalue weighted by molar-refractivity contribution is 5.91. The number of esters is 1. The van der Waals surface area contributed by atoms with Crippen molar-refractivity contribution in [1.82, 2.24) is 5.32 Å². The summed E-state index contributed by atoms with van der Waals surface area (Å²) in [4.78, 5) is 46.9. The average molecular weight is 365 g/mol. The molecule has 0 spiro atoms. The molecule has 0 aliphatic carbocycles. The van der Waals surface area contributed by atoms with Gasteiger partial charge in [0.2, 0.25) is 5.91 Å². The number of hydrogen-bond donors (Lipinski definition) is 2. The predicted octanol–water partition coefficient (Wildman–Crippen LogP) is 0.936. The molecule has 0 aromatic heterocycles. The van der Waals surface area contributed by atoms with Gasteiger partial charge in [-0.3, -0.25) is 14.9 Å². The van der Waals surface area contributed by atoms with Crippen LogP contribution in [0.5, 0.6) is 5.75 Å². The Kier molecular flexibility index (Phi) is 5.75. The third-order valence-corrected chi connectivity index (χ3v) is 4.17. The summed E-state index contributed by atoms with van der Waals surface area (Å²) < 4.78 is 5.00. The van der Waals surface area contributed by atoms with Crippen molar-refractivity contribution in [2.45, 2.75) is 26.3 Å². The Morgan fingerprint density at radius 2 is 2.15 bits per heavy atom. The van der Waals surface area contributed by atoms with Crippen LogP contribution in [0.3, 0.4) is 0 Å². The molecule has 0 radical (unpaired) electrons. The van der Waals surface area contributed by atoms with E-state index in [2.05, 4.69) is 5.32 Å². The number of rotatable bonds is 7.